The normalized spacial score (nSPS) is 25.9. The molecule has 0 fully saturated rings. The number of rotatable bonds is 4. The molecule has 143 valence electrons. The molecular formula is C24H24NO3. The van der Waals surface area contributed by atoms with Gasteiger partial charge in [-0.1, -0.05) is 48.5 Å². The number of hydrogen-bond donors (Lipinski definition) is 1. The molecule has 0 bridgehead atoms. The molecule has 0 saturated heterocycles. The first-order valence-corrected chi connectivity index (χ1v) is 9.89. The van der Waals surface area contributed by atoms with E-state index in [2.05, 4.69) is 17.7 Å². The van der Waals surface area contributed by atoms with Crippen molar-refractivity contribution in [3.05, 3.63) is 70.8 Å². The number of nitrogens with one attached hydrogen (secondary N) is 1. The summed E-state index contributed by atoms with van der Waals surface area (Å²) in [5.74, 6) is -0.659. The molecule has 0 aliphatic heterocycles. The van der Waals surface area contributed by atoms with Crippen molar-refractivity contribution >= 4 is 18.0 Å². The smallest absolute Gasteiger partial charge is 0.217 e. The number of carbonyl (C=O) groups is 2. The molecule has 1 radical (unpaired) electrons. The third-order valence-corrected chi connectivity index (χ3v) is 6.31. The Bertz CT molecular complexity index is 935. The lowest BCUT2D eigenvalue weighted by atomic mass is 9.63. The van der Waals surface area contributed by atoms with Crippen LogP contribution in [0.1, 0.15) is 48.1 Å². The van der Waals surface area contributed by atoms with E-state index in [4.69, 9.17) is 0 Å². The Hall–Kier alpha value is -2.75. The number of ketones is 1. The van der Waals surface area contributed by atoms with E-state index in [-0.39, 0.29) is 11.7 Å². The average Bonchev–Trinajstić information content (AvgIpc) is 2.72. The van der Waals surface area contributed by atoms with E-state index in [0.29, 0.717) is 25.7 Å². The Morgan fingerprint density at radius 2 is 1.68 bits per heavy atom. The first-order valence-electron chi connectivity index (χ1n) is 9.89. The summed E-state index contributed by atoms with van der Waals surface area (Å²) < 4.78 is 0. The molecule has 0 saturated carbocycles. The average molecular weight is 374 g/mol. The van der Waals surface area contributed by atoms with Gasteiger partial charge >= 0.3 is 0 Å². The van der Waals surface area contributed by atoms with Gasteiger partial charge in [0.25, 0.3) is 0 Å². The van der Waals surface area contributed by atoms with Gasteiger partial charge in [0, 0.05) is 12.8 Å². The second kappa shape index (κ2) is 7.34. The molecule has 3 atom stereocenters. The predicted octanol–water partition coefficient (Wildman–Crippen LogP) is 3.28. The molecule has 0 heterocycles. The Morgan fingerprint density at radius 3 is 2.39 bits per heavy atom. The number of amides is 1. The van der Waals surface area contributed by atoms with Crippen molar-refractivity contribution in [3.63, 3.8) is 0 Å². The molecule has 28 heavy (non-hydrogen) atoms. The van der Waals surface area contributed by atoms with Gasteiger partial charge in [-0.2, -0.15) is 0 Å². The van der Waals surface area contributed by atoms with Crippen LogP contribution in [0.5, 0.6) is 0 Å². The second-order valence-electron chi connectivity index (χ2n) is 8.02. The van der Waals surface area contributed by atoms with Crippen LogP contribution in [-0.4, -0.2) is 18.0 Å². The Balaban J connectivity index is 1.69. The van der Waals surface area contributed by atoms with E-state index < -0.39 is 17.4 Å². The van der Waals surface area contributed by atoms with Gasteiger partial charge in [-0.3, -0.25) is 14.4 Å². The van der Waals surface area contributed by atoms with E-state index in [1.807, 2.05) is 42.5 Å². The topological polar surface area (TPSA) is 63.2 Å². The number of hydrogen-bond acceptors (Lipinski definition) is 3. The summed E-state index contributed by atoms with van der Waals surface area (Å²) >= 11 is 0. The fourth-order valence-corrected chi connectivity index (χ4v) is 4.88. The molecule has 1 N–H and O–H groups in total. The lowest BCUT2D eigenvalue weighted by Gasteiger charge is -2.39. The molecule has 4 heteroatoms. The van der Waals surface area contributed by atoms with Crippen LogP contribution in [0.3, 0.4) is 0 Å². The lowest BCUT2D eigenvalue weighted by Crippen LogP contribution is -2.48. The number of aryl methyl sites for hydroxylation is 2. The first kappa shape index (κ1) is 18.6. The highest BCUT2D eigenvalue weighted by Gasteiger charge is 2.48. The third kappa shape index (κ3) is 3.17. The van der Waals surface area contributed by atoms with E-state index >= 15 is 0 Å². The zero-order chi connectivity index (χ0) is 19.7. The van der Waals surface area contributed by atoms with Crippen LogP contribution in [0.25, 0.3) is 0 Å². The van der Waals surface area contributed by atoms with Crippen LogP contribution < -0.4 is 5.32 Å². The van der Waals surface area contributed by atoms with Crippen molar-refractivity contribution < 1.29 is 14.4 Å². The van der Waals surface area contributed by atoms with Crippen molar-refractivity contribution in [1.29, 1.82) is 0 Å². The van der Waals surface area contributed by atoms with Gasteiger partial charge in [0.15, 0.2) is 5.78 Å². The maximum atomic E-state index is 13.7. The van der Waals surface area contributed by atoms with Crippen LogP contribution >= 0.6 is 0 Å². The summed E-state index contributed by atoms with van der Waals surface area (Å²) in [5.41, 5.74) is 3.27. The fourth-order valence-electron chi connectivity index (χ4n) is 4.88. The van der Waals surface area contributed by atoms with Crippen molar-refractivity contribution in [3.8, 4) is 0 Å². The van der Waals surface area contributed by atoms with Crippen LogP contribution in [0.15, 0.2) is 48.5 Å². The summed E-state index contributed by atoms with van der Waals surface area (Å²) in [6, 6.07) is 15.5. The van der Waals surface area contributed by atoms with Crippen LogP contribution in [-0.2, 0) is 33.6 Å². The second-order valence-corrected chi connectivity index (χ2v) is 8.02. The van der Waals surface area contributed by atoms with Gasteiger partial charge in [-0.25, -0.2) is 0 Å². The van der Waals surface area contributed by atoms with E-state index in [9.17, 15) is 14.4 Å². The highest BCUT2D eigenvalue weighted by atomic mass is 16.2. The maximum absolute atomic E-state index is 13.7. The minimum Gasteiger partial charge on any atom is -0.349 e. The number of fused-ring (bicyclic) bond motifs is 2. The highest BCUT2D eigenvalue weighted by molar-refractivity contribution is 6.01. The quantitative estimate of drug-likeness (QED) is 0.836. The molecule has 0 aromatic heterocycles. The van der Waals surface area contributed by atoms with Gasteiger partial charge in [-0.15, -0.1) is 0 Å². The first-order chi connectivity index (χ1) is 13.5. The summed E-state index contributed by atoms with van der Waals surface area (Å²) in [6.07, 6.45) is 5.13. The highest BCUT2D eigenvalue weighted by Crippen LogP contribution is 2.43. The van der Waals surface area contributed by atoms with Crippen molar-refractivity contribution in [1.82, 2.24) is 5.32 Å². The molecule has 2 aliphatic rings. The van der Waals surface area contributed by atoms with Crippen molar-refractivity contribution in [2.45, 2.75) is 45.1 Å². The van der Waals surface area contributed by atoms with Gasteiger partial charge in [0.1, 0.15) is 0 Å². The monoisotopic (exact) mass is 374 g/mol. The predicted molar refractivity (Wildman–Crippen MR) is 106 cm³/mol. The zero-order valence-corrected chi connectivity index (χ0v) is 16.0. The van der Waals surface area contributed by atoms with Gasteiger partial charge in [0.05, 0.1) is 11.5 Å². The molecule has 4 rings (SSSR count). The summed E-state index contributed by atoms with van der Waals surface area (Å²) in [5, 5.41) is 2.98. The number of carbonyl (C=O) groups excluding carboxylic acids is 3. The maximum Gasteiger partial charge on any atom is 0.217 e. The third-order valence-electron chi connectivity index (χ3n) is 6.31. The number of Topliss-reactive ketones (excluding diaryl/α,β-unsaturated/α-hetero) is 1. The molecule has 4 nitrogen and oxygen atoms in total. The molecule has 2 aromatic rings. The van der Waals surface area contributed by atoms with E-state index in [1.165, 1.54) is 12.5 Å². The minimum absolute atomic E-state index is 0.0785. The van der Waals surface area contributed by atoms with Crippen molar-refractivity contribution in [2.24, 2.45) is 11.3 Å². The summed E-state index contributed by atoms with van der Waals surface area (Å²) in [4.78, 5) is 37.7. The lowest BCUT2D eigenvalue weighted by molar-refractivity contribution is -0.132. The molecular weight excluding hydrogens is 350 g/mol. The molecule has 0 spiro atoms. The summed E-state index contributed by atoms with van der Waals surface area (Å²) in [7, 11) is 0. The Morgan fingerprint density at radius 1 is 1.00 bits per heavy atom. The van der Waals surface area contributed by atoms with E-state index in [1.54, 1.807) is 0 Å². The minimum atomic E-state index is -1.12. The molecule has 3 unspecified atom stereocenters. The van der Waals surface area contributed by atoms with Crippen LogP contribution in [0.4, 0.5) is 0 Å². The van der Waals surface area contributed by atoms with Gasteiger partial charge in [-0.05, 0) is 54.4 Å². The van der Waals surface area contributed by atoms with Gasteiger partial charge in [0.2, 0.25) is 12.2 Å². The summed E-state index contributed by atoms with van der Waals surface area (Å²) in [6.45, 7) is 1.47. The SMILES string of the molecule is CC(=O)NC1c2ccccc2CCC1C(=O)C1([C]=O)CCc2ccccc2C1. The molecule has 2 aromatic carbocycles. The van der Waals surface area contributed by atoms with Crippen molar-refractivity contribution in [2.75, 3.05) is 0 Å². The van der Waals surface area contributed by atoms with Crippen LogP contribution in [0, 0.1) is 11.3 Å². The van der Waals surface area contributed by atoms with Crippen LogP contribution in [0.2, 0.25) is 0 Å². The number of benzene rings is 2. The Labute approximate surface area is 165 Å². The molecule has 1 amide bonds. The zero-order valence-electron chi connectivity index (χ0n) is 16.0. The Kier molecular flexibility index (Phi) is 4.88. The van der Waals surface area contributed by atoms with E-state index in [0.717, 1.165) is 23.1 Å². The molecule has 2 aliphatic carbocycles. The standard InChI is InChI=1S/C24H24NO3/c1-16(27)25-22-20-9-5-4-7-18(20)10-11-21(22)23(28)24(15-26)13-12-17-6-2-3-8-19(17)14-24/h2-9,21-22H,10-14H2,1H3,(H,25,27). The largest absolute Gasteiger partial charge is 0.349 e. The fraction of sp³-hybridized carbons (Fsp3) is 0.375. The van der Waals surface area contributed by atoms with Gasteiger partial charge < -0.3 is 5.32 Å².